The predicted octanol–water partition coefficient (Wildman–Crippen LogP) is 4.34. The second kappa shape index (κ2) is 9.88. The Morgan fingerprint density at radius 2 is 1.89 bits per heavy atom. The standard InChI is InChI=1S/C22H24FNO4/c23-18-10-8-17(9-11-18)15-24(19-5-2-1-3-6-19)21(25)16-28-22(26)13-12-20-7-4-14-27-20/h4,7-14,19H,1-3,5-6,15-16H2/b13-12+. The van der Waals surface area contributed by atoms with Crippen LogP contribution in [0.5, 0.6) is 0 Å². The van der Waals surface area contributed by atoms with E-state index in [1.165, 1.54) is 37.0 Å². The highest BCUT2D eigenvalue weighted by molar-refractivity contribution is 5.89. The van der Waals surface area contributed by atoms with E-state index >= 15 is 0 Å². The van der Waals surface area contributed by atoms with Gasteiger partial charge in [-0.15, -0.1) is 0 Å². The highest BCUT2D eigenvalue weighted by atomic mass is 19.1. The zero-order valence-corrected chi connectivity index (χ0v) is 15.7. The summed E-state index contributed by atoms with van der Waals surface area (Å²) in [5.41, 5.74) is 0.851. The zero-order valence-electron chi connectivity index (χ0n) is 15.7. The summed E-state index contributed by atoms with van der Waals surface area (Å²) < 4.78 is 23.4. The highest BCUT2D eigenvalue weighted by Gasteiger charge is 2.26. The molecule has 3 rings (SSSR count). The van der Waals surface area contributed by atoms with Crippen molar-refractivity contribution < 1.29 is 23.1 Å². The lowest BCUT2D eigenvalue weighted by atomic mass is 9.93. The second-order valence-electron chi connectivity index (χ2n) is 6.90. The number of benzene rings is 1. The van der Waals surface area contributed by atoms with E-state index in [9.17, 15) is 14.0 Å². The van der Waals surface area contributed by atoms with E-state index in [-0.39, 0.29) is 24.4 Å². The Hall–Kier alpha value is -2.89. The molecule has 28 heavy (non-hydrogen) atoms. The Kier molecular flexibility index (Phi) is 7.00. The minimum Gasteiger partial charge on any atom is -0.465 e. The molecular weight excluding hydrogens is 361 g/mol. The van der Waals surface area contributed by atoms with Gasteiger partial charge in [0.2, 0.25) is 0 Å². The molecule has 1 amide bonds. The van der Waals surface area contributed by atoms with E-state index in [1.54, 1.807) is 29.2 Å². The third kappa shape index (κ3) is 5.81. The van der Waals surface area contributed by atoms with Crippen LogP contribution in [-0.4, -0.2) is 29.4 Å². The van der Waals surface area contributed by atoms with Crippen LogP contribution < -0.4 is 0 Å². The molecule has 0 saturated heterocycles. The molecule has 5 nitrogen and oxygen atoms in total. The van der Waals surface area contributed by atoms with Crippen molar-refractivity contribution in [3.8, 4) is 0 Å². The number of hydrogen-bond donors (Lipinski definition) is 0. The van der Waals surface area contributed by atoms with Gasteiger partial charge in [-0.05, 0) is 48.7 Å². The minimum absolute atomic E-state index is 0.115. The van der Waals surface area contributed by atoms with Crippen LogP contribution >= 0.6 is 0 Å². The van der Waals surface area contributed by atoms with Crippen molar-refractivity contribution in [2.24, 2.45) is 0 Å². The van der Waals surface area contributed by atoms with Crippen LogP contribution in [0.2, 0.25) is 0 Å². The van der Waals surface area contributed by atoms with E-state index in [0.717, 1.165) is 31.2 Å². The molecule has 0 N–H and O–H groups in total. The molecule has 1 saturated carbocycles. The van der Waals surface area contributed by atoms with E-state index in [1.807, 2.05) is 0 Å². The highest BCUT2D eigenvalue weighted by Crippen LogP contribution is 2.24. The van der Waals surface area contributed by atoms with Crippen LogP contribution in [0.1, 0.15) is 43.4 Å². The van der Waals surface area contributed by atoms with Crippen LogP contribution in [0.4, 0.5) is 4.39 Å². The third-order valence-corrected chi connectivity index (χ3v) is 4.87. The van der Waals surface area contributed by atoms with Crippen molar-refractivity contribution in [3.05, 3.63) is 65.9 Å². The first-order valence-corrected chi connectivity index (χ1v) is 9.54. The summed E-state index contributed by atoms with van der Waals surface area (Å²) in [5.74, 6) is -0.619. The Morgan fingerprint density at radius 3 is 2.57 bits per heavy atom. The Morgan fingerprint density at radius 1 is 1.14 bits per heavy atom. The average molecular weight is 385 g/mol. The third-order valence-electron chi connectivity index (χ3n) is 4.87. The topological polar surface area (TPSA) is 59.8 Å². The molecule has 6 heteroatoms. The van der Waals surface area contributed by atoms with Gasteiger partial charge in [-0.1, -0.05) is 31.4 Å². The number of nitrogens with zero attached hydrogens (tertiary/aromatic N) is 1. The number of rotatable bonds is 7. The summed E-state index contributed by atoms with van der Waals surface area (Å²) in [6.07, 6.45) is 9.40. The van der Waals surface area contributed by atoms with Crippen LogP contribution in [0.25, 0.3) is 6.08 Å². The molecule has 0 bridgehead atoms. The molecular formula is C22H24FNO4. The Balaban J connectivity index is 1.60. The fraction of sp³-hybridized carbons (Fsp3) is 0.364. The summed E-state index contributed by atoms with van der Waals surface area (Å²) in [6, 6.07) is 9.67. The summed E-state index contributed by atoms with van der Waals surface area (Å²) >= 11 is 0. The molecule has 0 aliphatic heterocycles. The van der Waals surface area contributed by atoms with Crippen LogP contribution in [0, 0.1) is 5.82 Å². The summed E-state index contributed by atoms with van der Waals surface area (Å²) in [5, 5.41) is 0. The molecule has 1 heterocycles. The normalized spacial score (nSPS) is 14.9. The number of hydrogen-bond acceptors (Lipinski definition) is 4. The minimum atomic E-state index is -0.602. The monoisotopic (exact) mass is 385 g/mol. The summed E-state index contributed by atoms with van der Waals surface area (Å²) in [7, 11) is 0. The largest absolute Gasteiger partial charge is 0.465 e. The van der Waals surface area contributed by atoms with Gasteiger partial charge in [-0.3, -0.25) is 4.79 Å². The first-order valence-electron chi connectivity index (χ1n) is 9.54. The summed E-state index contributed by atoms with van der Waals surface area (Å²) in [6.45, 7) is 0.0581. The van der Waals surface area contributed by atoms with E-state index in [4.69, 9.17) is 9.15 Å². The van der Waals surface area contributed by atoms with Crippen molar-refractivity contribution in [2.75, 3.05) is 6.61 Å². The van der Waals surface area contributed by atoms with Gasteiger partial charge in [0.05, 0.1) is 6.26 Å². The molecule has 2 aromatic rings. The average Bonchev–Trinajstić information content (AvgIpc) is 3.24. The molecule has 148 valence electrons. The molecule has 1 aliphatic rings. The van der Waals surface area contributed by atoms with Gasteiger partial charge in [0.25, 0.3) is 5.91 Å². The maximum Gasteiger partial charge on any atom is 0.331 e. The molecule has 1 aromatic heterocycles. The molecule has 1 fully saturated rings. The van der Waals surface area contributed by atoms with E-state index in [0.29, 0.717) is 12.3 Å². The number of carbonyl (C=O) groups is 2. The number of carbonyl (C=O) groups excluding carboxylic acids is 2. The van der Waals surface area contributed by atoms with Crippen molar-refractivity contribution in [3.63, 3.8) is 0 Å². The number of esters is 1. The molecule has 1 aliphatic carbocycles. The maximum absolute atomic E-state index is 13.2. The molecule has 0 spiro atoms. The predicted molar refractivity (Wildman–Crippen MR) is 103 cm³/mol. The second-order valence-corrected chi connectivity index (χ2v) is 6.90. The lowest BCUT2D eigenvalue weighted by Crippen LogP contribution is -2.43. The van der Waals surface area contributed by atoms with Crippen LogP contribution in [-0.2, 0) is 20.9 Å². The van der Waals surface area contributed by atoms with Gasteiger partial charge < -0.3 is 14.1 Å². The molecule has 0 radical (unpaired) electrons. The van der Waals surface area contributed by atoms with E-state index < -0.39 is 5.97 Å². The van der Waals surface area contributed by atoms with Crippen molar-refractivity contribution in [1.29, 1.82) is 0 Å². The Bertz CT molecular complexity index is 792. The van der Waals surface area contributed by atoms with Gasteiger partial charge in [0.1, 0.15) is 11.6 Å². The number of amides is 1. The van der Waals surface area contributed by atoms with E-state index in [2.05, 4.69) is 0 Å². The lowest BCUT2D eigenvalue weighted by molar-refractivity contribution is -0.150. The number of furan rings is 1. The van der Waals surface area contributed by atoms with Crippen molar-refractivity contribution in [1.82, 2.24) is 4.90 Å². The lowest BCUT2D eigenvalue weighted by Gasteiger charge is -2.34. The Labute approximate surface area is 163 Å². The smallest absolute Gasteiger partial charge is 0.331 e. The zero-order chi connectivity index (χ0) is 19.8. The van der Waals surface area contributed by atoms with Gasteiger partial charge in [0, 0.05) is 18.7 Å². The fourth-order valence-corrected chi connectivity index (χ4v) is 3.40. The van der Waals surface area contributed by atoms with Gasteiger partial charge in [-0.2, -0.15) is 0 Å². The molecule has 1 aromatic carbocycles. The van der Waals surface area contributed by atoms with Crippen molar-refractivity contribution in [2.45, 2.75) is 44.7 Å². The maximum atomic E-state index is 13.2. The van der Waals surface area contributed by atoms with Crippen LogP contribution in [0.3, 0.4) is 0 Å². The van der Waals surface area contributed by atoms with Gasteiger partial charge >= 0.3 is 5.97 Å². The van der Waals surface area contributed by atoms with Gasteiger partial charge in [0.15, 0.2) is 6.61 Å². The van der Waals surface area contributed by atoms with Crippen LogP contribution in [0.15, 0.2) is 53.2 Å². The summed E-state index contributed by atoms with van der Waals surface area (Å²) in [4.78, 5) is 26.4. The first-order chi connectivity index (χ1) is 13.6. The van der Waals surface area contributed by atoms with Gasteiger partial charge in [-0.25, -0.2) is 9.18 Å². The molecule has 0 unspecified atom stereocenters. The fourth-order valence-electron chi connectivity index (χ4n) is 3.40. The number of ether oxygens (including phenoxy) is 1. The molecule has 0 atom stereocenters. The first kappa shape index (κ1) is 19.9. The van der Waals surface area contributed by atoms with Crippen molar-refractivity contribution >= 4 is 18.0 Å². The number of halogens is 1. The SMILES string of the molecule is O=C(/C=C/c1ccco1)OCC(=O)N(Cc1ccc(F)cc1)C1CCCCC1. The quantitative estimate of drug-likeness (QED) is 0.526.